The van der Waals surface area contributed by atoms with Gasteiger partial charge in [0.15, 0.2) is 5.76 Å². The lowest BCUT2D eigenvalue weighted by atomic mass is 10.2. The number of carbonyl (C=O) groups is 2. The molecule has 0 bridgehead atoms. The van der Waals surface area contributed by atoms with E-state index in [4.69, 9.17) is 9.15 Å². The van der Waals surface area contributed by atoms with Gasteiger partial charge < -0.3 is 14.1 Å². The smallest absolute Gasteiger partial charge is 0.329 e. The Morgan fingerprint density at radius 1 is 1.32 bits per heavy atom. The Balaban J connectivity index is 1.62. The second-order valence-corrected chi connectivity index (χ2v) is 5.06. The van der Waals surface area contributed by atoms with Gasteiger partial charge in [0.25, 0.3) is 5.91 Å². The third kappa shape index (κ3) is 3.00. The molecule has 2 aromatic rings. The average Bonchev–Trinajstić information content (AvgIpc) is 3.24. The van der Waals surface area contributed by atoms with E-state index in [1.807, 2.05) is 6.07 Å². The molecule has 114 valence electrons. The van der Waals surface area contributed by atoms with E-state index in [0.717, 1.165) is 6.42 Å². The van der Waals surface area contributed by atoms with E-state index in [0.29, 0.717) is 18.7 Å². The highest BCUT2D eigenvalue weighted by molar-refractivity contribution is 5.94. The molecule has 22 heavy (non-hydrogen) atoms. The largest absolute Gasteiger partial charge is 0.459 e. The topological polar surface area (TPSA) is 72.6 Å². The standard InChI is InChI=1S/C16H16N2O4/c19-15(14-7-4-10-21-14)18-9-3-6-13(18)16(20)22-11-12-5-1-2-8-17-12/h1-2,4-5,7-8,10,13H,3,6,9,11H2/t13-/m1/s1. The van der Waals surface area contributed by atoms with Gasteiger partial charge in [0.05, 0.1) is 12.0 Å². The maximum absolute atomic E-state index is 12.3. The van der Waals surface area contributed by atoms with Crippen LogP contribution in [0.15, 0.2) is 47.2 Å². The van der Waals surface area contributed by atoms with Gasteiger partial charge in [-0.05, 0) is 37.1 Å². The molecular formula is C16H16N2O4. The molecule has 0 aromatic carbocycles. The first kappa shape index (κ1) is 14.3. The third-order valence-corrected chi connectivity index (χ3v) is 3.61. The number of furan rings is 1. The van der Waals surface area contributed by atoms with Crippen molar-refractivity contribution in [2.24, 2.45) is 0 Å². The Kier molecular flexibility index (Phi) is 4.18. The number of hydrogen-bond acceptors (Lipinski definition) is 5. The average molecular weight is 300 g/mol. The van der Waals surface area contributed by atoms with E-state index in [9.17, 15) is 9.59 Å². The molecule has 3 heterocycles. The molecule has 1 saturated heterocycles. The van der Waals surface area contributed by atoms with Gasteiger partial charge in [-0.1, -0.05) is 6.07 Å². The van der Waals surface area contributed by atoms with E-state index >= 15 is 0 Å². The Morgan fingerprint density at radius 2 is 2.23 bits per heavy atom. The molecule has 0 radical (unpaired) electrons. The van der Waals surface area contributed by atoms with Crippen LogP contribution in [-0.2, 0) is 16.1 Å². The van der Waals surface area contributed by atoms with Crippen LogP contribution in [0.5, 0.6) is 0 Å². The summed E-state index contributed by atoms with van der Waals surface area (Å²) in [4.78, 5) is 30.2. The van der Waals surface area contributed by atoms with Crippen LogP contribution in [0, 0.1) is 0 Å². The summed E-state index contributed by atoms with van der Waals surface area (Å²) >= 11 is 0. The van der Waals surface area contributed by atoms with Crippen LogP contribution in [0.4, 0.5) is 0 Å². The second-order valence-electron chi connectivity index (χ2n) is 5.06. The molecule has 3 rings (SSSR count). The molecule has 0 aliphatic carbocycles. The molecule has 0 spiro atoms. The van der Waals surface area contributed by atoms with Gasteiger partial charge in [0, 0.05) is 12.7 Å². The van der Waals surface area contributed by atoms with Gasteiger partial charge in [-0.15, -0.1) is 0 Å². The summed E-state index contributed by atoms with van der Waals surface area (Å²) in [6.07, 6.45) is 4.46. The van der Waals surface area contributed by atoms with Gasteiger partial charge in [0.2, 0.25) is 0 Å². The molecule has 1 fully saturated rings. The highest BCUT2D eigenvalue weighted by atomic mass is 16.5. The maximum atomic E-state index is 12.3. The molecule has 1 aliphatic rings. The number of pyridine rings is 1. The third-order valence-electron chi connectivity index (χ3n) is 3.61. The molecule has 2 aromatic heterocycles. The van der Waals surface area contributed by atoms with Crippen LogP contribution >= 0.6 is 0 Å². The number of nitrogens with zero attached hydrogens (tertiary/aromatic N) is 2. The van der Waals surface area contributed by atoms with Gasteiger partial charge in [-0.25, -0.2) is 4.79 Å². The summed E-state index contributed by atoms with van der Waals surface area (Å²) in [7, 11) is 0. The van der Waals surface area contributed by atoms with E-state index in [1.165, 1.54) is 11.2 Å². The van der Waals surface area contributed by atoms with Crippen LogP contribution in [0.3, 0.4) is 0 Å². The molecular weight excluding hydrogens is 284 g/mol. The van der Waals surface area contributed by atoms with Gasteiger partial charge >= 0.3 is 5.97 Å². The normalized spacial score (nSPS) is 17.5. The molecule has 0 unspecified atom stereocenters. The predicted molar refractivity (Wildman–Crippen MR) is 76.8 cm³/mol. The number of hydrogen-bond donors (Lipinski definition) is 0. The van der Waals surface area contributed by atoms with E-state index in [2.05, 4.69) is 4.98 Å². The zero-order valence-electron chi connectivity index (χ0n) is 12.0. The van der Waals surface area contributed by atoms with Crippen molar-refractivity contribution in [2.75, 3.05) is 6.54 Å². The van der Waals surface area contributed by atoms with Crippen molar-refractivity contribution in [1.29, 1.82) is 0 Å². The minimum absolute atomic E-state index is 0.110. The number of aromatic nitrogens is 1. The van der Waals surface area contributed by atoms with E-state index < -0.39 is 12.0 Å². The van der Waals surface area contributed by atoms with Crippen molar-refractivity contribution >= 4 is 11.9 Å². The molecule has 6 heteroatoms. The van der Waals surface area contributed by atoms with Crippen molar-refractivity contribution in [3.8, 4) is 0 Å². The van der Waals surface area contributed by atoms with Crippen LogP contribution in [-0.4, -0.2) is 34.3 Å². The summed E-state index contributed by atoms with van der Waals surface area (Å²) in [5.41, 5.74) is 0.678. The summed E-state index contributed by atoms with van der Waals surface area (Å²) < 4.78 is 10.4. The van der Waals surface area contributed by atoms with E-state index in [1.54, 1.807) is 30.5 Å². The first-order chi connectivity index (χ1) is 10.8. The zero-order chi connectivity index (χ0) is 15.4. The van der Waals surface area contributed by atoms with Crippen molar-refractivity contribution in [1.82, 2.24) is 9.88 Å². The number of amides is 1. The second kappa shape index (κ2) is 6.43. The number of esters is 1. The molecule has 1 aliphatic heterocycles. The minimum atomic E-state index is -0.554. The van der Waals surface area contributed by atoms with Crippen molar-refractivity contribution in [3.05, 3.63) is 54.2 Å². The quantitative estimate of drug-likeness (QED) is 0.808. The summed E-state index contributed by atoms with van der Waals surface area (Å²) in [5.74, 6) is -0.435. The highest BCUT2D eigenvalue weighted by Crippen LogP contribution is 2.21. The minimum Gasteiger partial charge on any atom is -0.459 e. The Hall–Kier alpha value is -2.63. The maximum Gasteiger partial charge on any atom is 0.329 e. The predicted octanol–water partition coefficient (Wildman–Crippen LogP) is 2.02. The van der Waals surface area contributed by atoms with Crippen LogP contribution in [0.25, 0.3) is 0 Å². The SMILES string of the molecule is O=C(OCc1ccccn1)[C@H]1CCCN1C(=O)c1ccco1. The Morgan fingerprint density at radius 3 is 2.95 bits per heavy atom. The molecule has 0 N–H and O–H groups in total. The van der Waals surface area contributed by atoms with Crippen LogP contribution in [0.1, 0.15) is 29.1 Å². The van der Waals surface area contributed by atoms with Gasteiger partial charge in [0.1, 0.15) is 12.6 Å². The van der Waals surface area contributed by atoms with E-state index in [-0.39, 0.29) is 18.3 Å². The number of carbonyl (C=O) groups excluding carboxylic acids is 2. The first-order valence-electron chi connectivity index (χ1n) is 7.17. The fourth-order valence-corrected chi connectivity index (χ4v) is 2.52. The fraction of sp³-hybridized carbons (Fsp3) is 0.312. The fourth-order valence-electron chi connectivity index (χ4n) is 2.52. The van der Waals surface area contributed by atoms with Gasteiger partial charge in [-0.3, -0.25) is 9.78 Å². The molecule has 1 atom stereocenters. The van der Waals surface area contributed by atoms with Crippen LogP contribution < -0.4 is 0 Å². The first-order valence-corrected chi connectivity index (χ1v) is 7.17. The Labute approximate surface area is 127 Å². The monoisotopic (exact) mass is 300 g/mol. The number of ether oxygens (including phenoxy) is 1. The lowest BCUT2D eigenvalue weighted by Crippen LogP contribution is -2.41. The van der Waals surface area contributed by atoms with Gasteiger partial charge in [-0.2, -0.15) is 0 Å². The summed E-state index contributed by atoms with van der Waals surface area (Å²) in [5, 5.41) is 0. The van der Waals surface area contributed by atoms with Crippen LogP contribution in [0.2, 0.25) is 0 Å². The van der Waals surface area contributed by atoms with Crippen molar-refractivity contribution < 1.29 is 18.7 Å². The van der Waals surface area contributed by atoms with Crippen molar-refractivity contribution in [2.45, 2.75) is 25.5 Å². The molecule has 1 amide bonds. The molecule has 0 saturated carbocycles. The lowest BCUT2D eigenvalue weighted by Gasteiger charge is -2.22. The Bertz CT molecular complexity index is 639. The summed E-state index contributed by atoms with van der Waals surface area (Å²) in [6, 6.07) is 8.11. The number of likely N-dealkylation sites (tertiary alicyclic amines) is 1. The summed E-state index contributed by atoms with van der Waals surface area (Å²) in [6.45, 7) is 0.641. The van der Waals surface area contributed by atoms with Crippen molar-refractivity contribution in [3.63, 3.8) is 0 Å². The lowest BCUT2D eigenvalue weighted by molar-refractivity contribution is -0.149. The molecule has 6 nitrogen and oxygen atoms in total. The highest BCUT2D eigenvalue weighted by Gasteiger charge is 2.36. The number of rotatable bonds is 4. The zero-order valence-corrected chi connectivity index (χ0v) is 12.0.